The lowest BCUT2D eigenvalue weighted by atomic mass is 10.1. The number of benzene rings is 2. The van der Waals surface area contributed by atoms with E-state index in [9.17, 15) is 13.9 Å². The number of nitrogens with zero attached hydrogens (tertiary/aromatic N) is 2. The van der Waals surface area contributed by atoms with Gasteiger partial charge in [-0.15, -0.1) is 0 Å². The summed E-state index contributed by atoms with van der Waals surface area (Å²) in [5.41, 5.74) is 1.50. The first-order chi connectivity index (χ1) is 14.0. The minimum Gasteiger partial charge on any atom is -0.494 e. The lowest BCUT2D eigenvalue weighted by Gasteiger charge is -2.18. The van der Waals surface area contributed by atoms with Crippen LogP contribution in [0.1, 0.15) is 25.8 Å². The maximum Gasteiger partial charge on any atom is 0.198 e. The molecule has 0 fully saturated rings. The first kappa shape index (κ1) is 20.8. The van der Waals surface area contributed by atoms with Crippen molar-refractivity contribution >= 4 is 28.5 Å². The third-order valence-corrected chi connectivity index (χ3v) is 4.95. The number of aromatic hydroxyl groups is 1. The van der Waals surface area contributed by atoms with Crippen molar-refractivity contribution in [3.8, 4) is 5.88 Å². The second-order valence-electron chi connectivity index (χ2n) is 6.78. The Morgan fingerprint density at radius 2 is 1.93 bits per heavy atom. The predicted octanol–water partition coefficient (Wildman–Crippen LogP) is 5.05. The Balaban J connectivity index is 1.67. The number of rotatable bonds is 9. The molecule has 0 bridgehead atoms. The SMILES string of the molecule is CCN(CC)CCCNc1ccc(N=Cc2c(O)[nH]c3cccc(F)c23)cc1F. The molecule has 5 nitrogen and oxygen atoms in total. The molecule has 7 heteroatoms. The number of hydrogen-bond donors (Lipinski definition) is 3. The van der Waals surface area contributed by atoms with Crippen LogP contribution in [0.5, 0.6) is 5.88 Å². The van der Waals surface area contributed by atoms with Crippen LogP contribution in [0.25, 0.3) is 10.9 Å². The first-order valence-electron chi connectivity index (χ1n) is 9.82. The fourth-order valence-corrected chi connectivity index (χ4v) is 3.27. The largest absolute Gasteiger partial charge is 0.494 e. The van der Waals surface area contributed by atoms with Crippen molar-refractivity contribution in [2.45, 2.75) is 20.3 Å². The van der Waals surface area contributed by atoms with E-state index in [0.717, 1.165) is 26.1 Å². The lowest BCUT2D eigenvalue weighted by molar-refractivity contribution is 0.303. The Hall–Kier alpha value is -2.93. The van der Waals surface area contributed by atoms with Gasteiger partial charge < -0.3 is 20.3 Å². The van der Waals surface area contributed by atoms with Crippen molar-refractivity contribution in [3.63, 3.8) is 0 Å². The molecule has 1 heterocycles. The van der Waals surface area contributed by atoms with E-state index in [1.807, 2.05) is 0 Å². The van der Waals surface area contributed by atoms with E-state index >= 15 is 0 Å². The van der Waals surface area contributed by atoms with Crippen LogP contribution in [0.4, 0.5) is 20.2 Å². The molecule has 0 saturated heterocycles. The summed E-state index contributed by atoms with van der Waals surface area (Å²) >= 11 is 0. The highest BCUT2D eigenvalue weighted by Gasteiger charge is 2.12. The van der Waals surface area contributed by atoms with Gasteiger partial charge in [0.1, 0.15) is 11.6 Å². The fraction of sp³-hybridized carbons (Fsp3) is 0.318. The van der Waals surface area contributed by atoms with E-state index in [1.54, 1.807) is 24.3 Å². The maximum absolute atomic E-state index is 14.4. The predicted molar refractivity (Wildman–Crippen MR) is 114 cm³/mol. The molecule has 0 spiro atoms. The van der Waals surface area contributed by atoms with E-state index in [4.69, 9.17) is 0 Å². The molecule has 1 aromatic heterocycles. The molecule has 0 radical (unpaired) electrons. The summed E-state index contributed by atoms with van der Waals surface area (Å²) in [5.74, 6) is -1.05. The van der Waals surface area contributed by atoms with Crippen LogP contribution in [0.3, 0.4) is 0 Å². The van der Waals surface area contributed by atoms with E-state index < -0.39 is 11.6 Å². The molecule has 0 atom stereocenters. The summed E-state index contributed by atoms with van der Waals surface area (Å²) in [6, 6.07) is 9.15. The molecule has 3 aromatic rings. The topological polar surface area (TPSA) is 63.6 Å². The van der Waals surface area contributed by atoms with Gasteiger partial charge in [-0.05, 0) is 50.3 Å². The van der Waals surface area contributed by atoms with Gasteiger partial charge in [0.15, 0.2) is 5.88 Å². The molecule has 3 N–H and O–H groups in total. The zero-order chi connectivity index (χ0) is 20.8. The van der Waals surface area contributed by atoms with Crippen LogP contribution in [0.2, 0.25) is 0 Å². The quantitative estimate of drug-likeness (QED) is 0.348. The summed E-state index contributed by atoms with van der Waals surface area (Å²) in [6.45, 7) is 7.91. The number of hydrogen-bond acceptors (Lipinski definition) is 4. The Morgan fingerprint density at radius 1 is 1.14 bits per heavy atom. The molecule has 29 heavy (non-hydrogen) atoms. The van der Waals surface area contributed by atoms with Crippen LogP contribution < -0.4 is 5.32 Å². The molecule has 0 amide bonds. The van der Waals surface area contributed by atoms with Crippen LogP contribution in [-0.4, -0.2) is 47.4 Å². The molecular formula is C22H26F2N4O. The molecular weight excluding hydrogens is 374 g/mol. The van der Waals surface area contributed by atoms with Gasteiger partial charge in [-0.3, -0.25) is 4.99 Å². The number of anilines is 1. The number of aromatic nitrogens is 1. The van der Waals surface area contributed by atoms with E-state index in [-0.39, 0.29) is 16.8 Å². The Bertz CT molecular complexity index is 996. The smallest absolute Gasteiger partial charge is 0.198 e. The number of halogens is 2. The van der Waals surface area contributed by atoms with E-state index in [2.05, 4.69) is 34.0 Å². The second kappa shape index (κ2) is 9.52. The van der Waals surface area contributed by atoms with Crippen molar-refractivity contribution in [3.05, 3.63) is 53.6 Å². The lowest BCUT2D eigenvalue weighted by Crippen LogP contribution is -2.25. The van der Waals surface area contributed by atoms with Gasteiger partial charge in [-0.25, -0.2) is 8.78 Å². The molecule has 154 valence electrons. The number of fused-ring (bicyclic) bond motifs is 1. The summed E-state index contributed by atoms with van der Waals surface area (Å²) in [7, 11) is 0. The highest BCUT2D eigenvalue weighted by atomic mass is 19.1. The van der Waals surface area contributed by atoms with Crippen LogP contribution in [0.15, 0.2) is 41.4 Å². The van der Waals surface area contributed by atoms with Gasteiger partial charge in [0.05, 0.1) is 22.5 Å². The minimum atomic E-state index is -0.462. The minimum absolute atomic E-state index is 0.180. The van der Waals surface area contributed by atoms with Gasteiger partial charge in [0.2, 0.25) is 0 Å². The van der Waals surface area contributed by atoms with Gasteiger partial charge >= 0.3 is 0 Å². The highest BCUT2D eigenvalue weighted by Crippen LogP contribution is 2.29. The zero-order valence-electron chi connectivity index (χ0n) is 16.7. The summed E-state index contributed by atoms with van der Waals surface area (Å²) in [4.78, 5) is 9.22. The van der Waals surface area contributed by atoms with Gasteiger partial charge in [-0.1, -0.05) is 19.9 Å². The standard InChI is InChI=1S/C22H26F2N4O/c1-3-28(4-2)12-6-11-25-19-10-9-15(13-18(19)24)26-14-16-21-17(23)7-5-8-20(21)27-22(16)29/h5,7-10,13-14,25,27,29H,3-4,6,11-12H2,1-2H3. The zero-order valence-corrected chi connectivity index (χ0v) is 16.7. The Labute approximate surface area is 169 Å². The maximum atomic E-state index is 14.4. The van der Waals surface area contributed by atoms with Crippen molar-refractivity contribution in [1.82, 2.24) is 9.88 Å². The number of aromatic amines is 1. The van der Waals surface area contributed by atoms with E-state index in [0.29, 0.717) is 23.4 Å². The molecule has 0 unspecified atom stereocenters. The van der Waals surface area contributed by atoms with Crippen molar-refractivity contribution in [2.75, 3.05) is 31.5 Å². The van der Waals surface area contributed by atoms with Crippen molar-refractivity contribution in [1.29, 1.82) is 0 Å². The highest BCUT2D eigenvalue weighted by molar-refractivity contribution is 6.02. The third-order valence-electron chi connectivity index (χ3n) is 4.95. The molecule has 0 saturated carbocycles. The Morgan fingerprint density at radius 3 is 2.66 bits per heavy atom. The molecule has 0 aliphatic rings. The first-order valence-corrected chi connectivity index (χ1v) is 9.82. The summed E-state index contributed by atoms with van der Waals surface area (Å²) in [5, 5.41) is 13.4. The normalized spacial score (nSPS) is 11.8. The van der Waals surface area contributed by atoms with Crippen molar-refractivity contribution in [2.24, 2.45) is 4.99 Å². The average molecular weight is 400 g/mol. The van der Waals surface area contributed by atoms with Crippen molar-refractivity contribution < 1.29 is 13.9 Å². The monoisotopic (exact) mass is 400 g/mol. The van der Waals surface area contributed by atoms with Gasteiger partial charge in [-0.2, -0.15) is 0 Å². The number of H-pyrrole nitrogens is 1. The molecule has 3 rings (SSSR count). The number of nitrogens with one attached hydrogen (secondary N) is 2. The molecule has 0 aliphatic heterocycles. The second-order valence-corrected chi connectivity index (χ2v) is 6.78. The third kappa shape index (κ3) is 4.92. The Kier molecular flexibility index (Phi) is 6.82. The van der Waals surface area contributed by atoms with Crippen LogP contribution in [-0.2, 0) is 0 Å². The van der Waals surface area contributed by atoms with Crippen LogP contribution in [0, 0.1) is 11.6 Å². The van der Waals surface area contributed by atoms with Gasteiger partial charge in [0.25, 0.3) is 0 Å². The van der Waals surface area contributed by atoms with E-state index in [1.165, 1.54) is 18.3 Å². The summed E-state index contributed by atoms with van der Waals surface area (Å²) in [6.07, 6.45) is 2.26. The summed E-state index contributed by atoms with van der Waals surface area (Å²) < 4.78 is 28.4. The fourth-order valence-electron chi connectivity index (χ4n) is 3.27. The molecule has 0 aliphatic carbocycles. The average Bonchev–Trinajstić information content (AvgIpc) is 3.04. The molecule has 2 aromatic carbocycles. The number of aliphatic imine (C=N–C) groups is 1. The van der Waals surface area contributed by atoms with Crippen LogP contribution >= 0.6 is 0 Å². The van der Waals surface area contributed by atoms with Gasteiger partial charge in [0, 0.05) is 24.2 Å².